The molecule has 0 fully saturated rings. The van der Waals surface area contributed by atoms with Crippen LogP contribution in [-0.4, -0.2) is 39.4 Å². The van der Waals surface area contributed by atoms with Crippen molar-refractivity contribution in [1.82, 2.24) is 0 Å². The second kappa shape index (κ2) is 8.12. The molecule has 0 bridgehead atoms. The fourth-order valence-corrected chi connectivity index (χ4v) is 3.72. The third kappa shape index (κ3) is 9.45. The summed E-state index contributed by atoms with van der Waals surface area (Å²) in [4.78, 5) is 31.0. The van der Waals surface area contributed by atoms with Gasteiger partial charge in [0, 0.05) is 18.2 Å². The van der Waals surface area contributed by atoms with E-state index in [1.165, 1.54) is 6.08 Å². The summed E-state index contributed by atoms with van der Waals surface area (Å²) in [5.74, 6) is -2.16. The molecule has 0 spiro atoms. The largest absolute Gasteiger partial charge is 0.481 e. The Morgan fingerprint density at radius 1 is 1.26 bits per heavy atom. The molecule has 0 aliphatic rings. The summed E-state index contributed by atoms with van der Waals surface area (Å²) in [6.07, 6.45) is 1.59. The minimum absolute atomic E-state index is 0.0119. The smallest absolute Gasteiger partial charge is 0.331 e. The van der Waals surface area contributed by atoms with E-state index in [-0.39, 0.29) is 36.7 Å². The molecule has 1 atom stereocenters. The molecule has 1 unspecified atom stereocenters. The van der Waals surface area contributed by atoms with Crippen LogP contribution in [0.2, 0.25) is 0 Å². The number of allylic oxidation sites excluding steroid dienone is 1. The number of carbonyl (C=O) groups is 2. The van der Waals surface area contributed by atoms with E-state index in [2.05, 4.69) is 0 Å². The zero-order valence-corrected chi connectivity index (χ0v) is 12.1. The van der Waals surface area contributed by atoms with Crippen LogP contribution >= 0.6 is 7.37 Å². The molecular weight excluding hydrogens is 271 g/mol. The Balaban J connectivity index is 4.57. The van der Waals surface area contributed by atoms with Crippen LogP contribution in [0.15, 0.2) is 11.6 Å². The minimum atomic E-state index is -3.49. The van der Waals surface area contributed by atoms with Crippen molar-refractivity contribution < 1.29 is 29.3 Å². The average Bonchev–Trinajstić information content (AvgIpc) is 2.19. The van der Waals surface area contributed by atoms with Crippen molar-refractivity contribution >= 4 is 19.3 Å². The predicted octanol–water partition coefficient (Wildman–Crippen LogP) is 2.18. The molecule has 0 aliphatic heterocycles. The van der Waals surface area contributed by atoms with Crippen molar-refractivity contribution in [2.45, 2.75) is 33.1 Å². The third-order valence-electron chi connectivity index (χ3n) is 2.33. The maximum atomic E-state index is 11.8. The second-order valence-corrected chi connectivity index (χ2v) is 7.28. The number of unbranched alkanes of at least 4 members (excludes halogenated alkanes) is 1. The minimum Gasteiger partial charge on any atom is -0.481 e. The van der Waals surface area contributed by atoms with Crippen molar-refractivity contribution in [3.05, 3.63) is 11.6 Å². The molecular formula is C12H21O6P. The zero-order chi connectivity index (χ0) is 15.1. The molecule has 0 aromatic carbocycles. The molecule has 0 heterocycles. The molecule has 0 aromatic rings. The van der Waals surface area contributed by atoms with Crippen molar-refractivity contribution in [3.63, 3.8) is 0 Å². The fraction of sp³-hybridized carbons (Fsp3) is 0.667. The Morgan fingerprint density at radius 3 is 2.26 bits per heavy atom. The van der Waals surface area contributed by atoms with E-state index in [0.29, 0.717) is 6.42 Å². The molecule has 3 N–H and O–H groups in total. The van der Waals surface area contributed by atoms with E-state index >= 15 is 0 Å². The topological polar surface area (TPSA) is 112 Å². The molecule has 0 radical (unpaired) electrons. The van der Waals surface area contributed by atoms with Crippen molar-refractivity contribution in [1.29, 1.82) is 0 Å². The molecule has 0 rings (SSSR count). The molecule has 0 amide bonds. The van der Waals surface area contributed by atoms with Crippen molar-refractivity contribution in [2.24, 2.45) is 5.92 Å². The highest BCUT2D eigenvalue weighted by molar-refractivity contribution is 7.58. The summed E-state index contributed by atoms with van der Waals surface area (Å²) in [7, 11) is -3.49. The highest BCUT2D eigenvalue weighted by atomic mass is 31.2. The maximum absolute atomic E-state index is 11.8. The zero-order valence-electron chi connectivity index (χ0n) is 11.2. The van der Waals surface area contributed by atoms with Crippen LogP contribution in [0.4, 0.5) is 0 Å². The molecule has 0 aliphatic carbocycles. The first-order chi connectivity index (χ1) is 8.64. The Hall–Kier alpha value is -1.13. The highest BCUT2D eigenvalue weighted by Gasteiger charge is 2.24. The first-order valence-electron chi connectivity index (χ1n) is 6.09. The lowest BCUT2D eigenvalue weighted by Crippen LogP contribution is -2.09. The average molecular weight is 292 g/mol. The molecule has 110 valence electrons. The van der Waals surface area contributed by atoms with Gasteiger partial charge in [0.05, 0.1) is 6.16 Å². The van der Waals surface area contributed by atoms with E-state index in [4.69, 9.17) is 10.2 Å². The number of hydrogen-bond donors (Lipinski definition) is 3. The van der Waals surface area contributed by atoms with Gasteiger partial charge in [0.15, 0.2) is 0 Å². The molecule has 0 saturated carbocycles. The summed E-state index contributed by atoms with van der Waals surface area (Å²) >= 11 is 0. The van der Waals surface area contributed by atoms with Crippen molar-refractivity contribution in [3.8, 4) is 0 Å². The first kappa shape index (κ1) is 17.9. The predicted molar refractivity (Wildman–Crippen MR) is 71.6 cm³/mol. The van der Waals surface area contributed by atoms with Gasteiger partial charge in [0.25, 0.3) is 0 Å². The van der Waals surface area contributed by atoms with Crippen LogP contribution in [0.5, 0.6) is 0 Å². The lowest BCUT2D eigenvalue weighted by atomic mass is 10.2. The monoisotopic (exact) mass is 292 g/mol. The fourth-order valence-electron chi connectivity index (χ4n) is 1.65. The van der Waals surface area contributed by atoms with Gasteiger partial charge in [0.1, 0.15) is 0 Å². The molecule has 19 heavy (non-hydrogen) atoms. The molecule has 7 heteroatoms. The molecule has 0 aromatic heterocycles. The number of aliphatic carboxylic acids is 2. The van der Waals surface area contributed by atoms with Crippen molar-refractivity contribution in [2.75, 3.05) is 12.3 Å². The van der Waals surface area contributed by atoms with Crippen LogP contribution in [0, 0.1) is 5.92 Å². The summed E-state index contributed by atoms with van der Waals surface area (Å²) < 4.78 is 11.8. The molecule has 6 nitrogen and oxygen atoms in total. The highest BCUT2D eigenvalue weighted by Crippen LogP contribution is 2.44. The van der Waals surface area contributed by atoms with Gasteiger partial charge in [-0.05, 0) is 18.8 Å². The normalized spacial score (nSPS) is 15.3. The Bertz CT molecular complexity index is 399. The van der Waals surface area contributed by atoms with E-state index in [0.717, 1.165) is 0 Å². The number of carboxylic acid groups (broad SMARTS) is 2. The third-order valence-corrected chi connectivity index (χ3v) is 4.46. The van der Waals surface area contributed by atoms with Gasteiger partial charge in [0.2, 0.25) is 7.37 Å². The number of carboxylic acids is 2. The van der Waals surface area contributed by atoms with Crippen LogP contribution in [0.25, 0.3) is 0 Å². The number of hydrogen-bond acceptors (Lipinski definition) is 3. The Kier molecular flexibility index (Phi) is 7.64. The van der Waals surface area contributed by atoms with Crippen LogP contribution in [0.1, 0.15) is 33.1 Å². The number of rotatable bonds is 9. The Labute approximate surface area is 112 Å². The van der Waals surface area contributed by atoms with E-state index in [9.17, 15) is 19.0 Å². The molecule has 0 saturated heterocycles. The van der Waals surface area contributed by atoms with Gasteiger partial charge in [-0.15, -0.1) is 0 Å². The van der Waals surface area contributed by atoms with Gasteiger partial charge in [-0.25, -0.2) is 4.79 Å². The van der Waals surface area contributed by atoms with Crippen LogP contribution < -0.4 is 0 Å². The van der Waals surface area contributed by atoms with Gasteiger partial charge < -0.3 is 15.1 Å². The quantitative estimate of drug-likeness (QED) is 0.341. The summed E-state index contributed by atoms with van der Waals surface area (Å²) in [6, 6.07) is 0. The van der Waals surface area contributed by atoms with Gasteiger partial charge >= 0.3 is 11.9 Å². The van der Waals surface area contributed by atoms with E-state index in [1.54, 1.807) is 13.8 Å². The van der Waals surface area contributed by atoms with E-state index in [1.807, 2.05) is 0 Å². The lowest BCUT2D eigenvalue weighted by Gasteiger charge is -2.14. The summed E-state index contributed by atoms with van der Waals surface area (Å²) in [5.41, 5.74) is -0.114. The first-order valence-corrected chi connectivity index (χ1v) is 8.12. The summed E-state index contributed by atoms with van der Waals surface area (Å²) in [5, 5.41) is 17.4. The van der Waals surface area contributed by atoms with Gasteiger partial charge in [-0.3, -0.25) is 9.36 Å². The van der Waals surface area contributed by atoms with Gasteiger partial charge in [-0.2, -0.15) is 0 Å². The van der Waals surface area contributed by atoms with E-state index < -0.39 is 19.3 Å². The van der Waals surface area contributed by atoms with Crippen LogP contribution in [0.3, 0.4) is 0 Å². The summed E-state index contributed by atoms with van der Waals surface area (Å²) in [6.45, 7) is 3.58. The maximum Gasteiger partial charge on any atom is 0.331 e. The Morgan fingerprint density at radius 2 is 1.84 bits per heavy atom. The second-order valence-electron chi connectivity index (χ2n) is 4.90. The SMILES string of the molecule is CC(C)CP(=O)(O)CC(=CCCCC(=O)O)C(=O)O. The lowest BCUT2D eigenvalue weighted by molar-refractivity contribution is -0.137. The van der Waals surface area contributed by atoms with Crippen LogP contribution in [-0.2, 0) is 14.2 Å². The van der Waals surface area contributed by atoms with Gasteiger partial charge in [-0.1, -0.05) is 19.9 Å². The standard InChI is InChI=1S/C12H21O6P/c1-9(2)7-19(17,18)8-10(12(15)16)5-3-4-6-11(13)14/h5,9H,3-4,6-8H2,1-2H3,(H,13,14)(H,15,16)(H,17,18).